The third kappa shape index (κ3) is 5.38. The van der Waals surface area contributed by atoms with E-state index in [0.29, 0.717) is 5.75 Å². The fourth-order valence-electron chi connectivity index (χ4n) is 4.65. The second kappa shape index (κ2) is 10.3. The van der Waals surface area contributed by atoms with E-state index in [9.17, 15) is 5.11 Å². The molecule has 35 heavy (non-hydrogen) atoms. The molecule has 1 fully saturated rings. The number of aromatic nitrogens is 2. The van der Waals surface area contributed by atoms with Crippen LogP contribution in [0.3, 0.4) is 0 Å². The lowest BCUT2D eigenvalue weighted by Crippen LogP contribution is -2.47. The SMILES string of the molecule is Cc1cc(-c2ccc3ncc(N4CCN(CCCOc5ccccc5)CC4)nc3c2)cc(C)c1O. The van der Waals surface area contributed by atoms with E-state index in [2.05, 4.69) is 26.9 Å². The van der Waals surface area contributed by atoms with E-state index in [4.69, 9.17) is 9.72 Å². The molecule has 0 atom stereocenters. The molecule has 3 aromatic carbocycles. The number of benzene rings is 3. The number of fused-ring (bicyclic) bond motifs is 1. The van der Waals surface area contributed by atoms with Gasteiger partial charge in [0.25, 0.3) is 0 Å². The van der Waals surface area contributed by atoms with Crippen molar-refractivity contribution in [3.8, 4) is 22.6 Å². The number of hydrogen-bond acceptors (Lipinski definition) is 6. The fourth-order valence-corrected chi connectivity index (χ4v) is 4.65. The molecule has 1 saturated heterocycles. The minimum Gasteiger partial charge on any atom is -0.507 e. The first-order valence-corrected chi connectivity index (χ1v) is 12.3. The number of phenolic OH excluding ortho intramolecular Hbond substituents is 1. The Labute approximate surface area is 206 Å². The van der Waals surface area contributed by atoms with Gasteiger partial charge in [0.2, 0.25) is 0 Å². The third-order valence-electron chi connectivity index (χ3n) is 6.68. The molecule has 180 valence electrons. The van der Waals surface area contributed by atoms with E-state index >= 15 is 0 Å². The van der Waals surface area contributed by atoms with Crippen LogP contribution in [0, 0.1) is 13.8 Å². The molecule has 5 rings (SSSR count). The van der Waals surface area contributed by atoms with Crippen molar-refractivity contribution in [2.45, 2.75) is 20.3 Å². The standard InChI is InChI=1S/C29H32N4O2/c1-21-17-24(18-22(2)29(21)34)23-9-10-26-27(19-23)31-28(20-30-26)33-14-12-32(13-15-33)11-6-16-35-25-7-4-3-5-8-25/h3-5,7-10,17-20,34H,6,11-16H2,1-2H3. The number of hydrogen-bond donors (Lipinski definition) is 1. The van der Waals surface area contributed by atoms with Crippen LogP contribution in [0.4, 0.5) is 5.82 Å². The van der Waals surface area contributed by atoms with Crippen LogP contribution >= 0.6 is 0 Å². The number of anilines is 1. The van der Waals surface area contributed by atoms with Gasteiger partial charge in [0, 0.05) is 32.7 Å². The Balaban J connectivity index is 1.20. The van der Waals surface area contributed by atoms with Gasteiger partial charge in [-0.15, -0.1) is 0 Å². The van der Waals surface area contributed by atoms with E-state index in [0.717, 1.165) is 90.6 Å². The number of para-hydroxylation sites is 1. The molecule has 0 spiro atoms. The monoisotopic (exact) mass is 468 g/mol. The molecule has 0 saturated carbocycles. The lowest BCUT2D eigenvalue weighted by molar-refractivity contribution is 0.224. The molecule has 0 radical (unpaired) electrons. The molecule has 0 unspecified atom stereocenters. The lowest BCUT2D eigenvalue weighted by atomic mass is 9.99. The minimum absolute atomic E-state index is 0.361. The van der Waals surface area contributed by atoms with E-state index in [-0.39, 0.29) is 0 Å². The van der Waals surface area contributed by atoms with Gasteiger partial charge in [-0.2, -0.15) is 0 Å². The zero-order chi connectivity index (χ0) is 24.2. The third-order valence-corrected chi connectivity index (χ3v) is 6.68. The maximum absolute atomic E-state index is 10.1. The largest absolute Gasteiger partial charge is 0.507 e. The van der Waals surface area contributed by atoms with Crippen LogP contribution in [0.5, 0.6) is 11.5 Å². The van der Waals surface area contributed by atoms with Gasteiger partial charge in [-0.25, -0.2) is 4.98 Å². The van der Waals surface area contributed by atoms with Gasteiger partial charge in [0.1, 0.15) is 17.3 Å². The van der Waals surface area contributed by atoms with Crippen LogP contribution in [0.15, 0.2) is 66.9 Å². The van der Waals surface area contributed by atoms with Crippen molar-refractivity contribution in [2.24, 2.45) is 0 Å². The summed E-state index contributed by atoms with van der Waals surface area (Å²) >= 11 is 0. The molecule has 2 heterocycles. The number of nitrogens with zero attached hydrogens (tertiary/aromatic N) is 4. The molecule has 4 aromatic rings. The van der Waals surface area contributed by atoms with E-state index in [1.54, 1.807) is 0 Å². The number of aromatic hydroxyl groups is 1. The first-order valence-electron chi connectivity index (χ1n) is 12.3. The molecule has 1 N–H and O–H groups in total. The van der Waals surface area contributed by atoms with Crippen molar-refractivity contribution in [1.29, 1.82) is 0 Å². The van der Waals surface area contributed by atoms with Crippen molar-refractivity contribution in [2.75, 3.05) is 44.2 Å². The number of ether oxygens (including phenoxy) is 1. The van der Waals surface area contributed by atoms with Gasteiger partial charge >= 0.3 is 0 Å². The highest BCUT2D eigenvalue weighted by Crippen LogP contribution is 2.30. The number of phenols is 1. The summed E-state index contributed by atoms with van der Waals surface area (Å²) < 4.78 is 5.82. The van der Waals surface area contributed by atoms with Gasteiger partial charge in [-0.3, -0.25) is 9.88 Å². The van der Waals surface area contributed by atoms with Gasteiger partial charge in [-0.1, -0.05) is 24.3 Å². The zero-order valence-corrected chi connectivity index (χ0v) is 20.4. The molecule has 6 nitrogen and oxygen atoms in total. The quantitative estimate of drug-likeness (QED) is 0.376. The highest BCUT2D eigenvalue weighted by Gasteiger charge is 2.18. The summed E-state index contributed by atoms with van der Waals surface area (Å²) in [6, 6.07) is 20.2. The summed E-state index contributed by atoms with van der Waals surface area (Å²) in [6.45, 7) is 9.54. The van der Waals surface area contributed by atoms with Crippen LogP contribution in [-0.4, -0.2) is 59.3 Å². The summed E-state index contributed by atoms with van der Waals surface area (Å²) in [5.74, 6) is 2.23. The van der Waals surface area contributed by atoms with Crippen LogP contribution in [0.2, 0.25) is 0 Å². The summed E-state index contributed by atoms with van der Waals surface area (Å²) in [6.07, 6.45) is 2.91. The molecular formula is C29H32N4O2. The Morgan fingerprint density at radius 2 is 1.60 bits per heavy atom. The first kappa shape index (κ1) is 23.1. The second-order valence-electron chi connectivity index (χ2n) is 9.23. The Morgan fingerprint density at radius 1 is 0.857 bits per heavy atom. The molecule has 0 bridgehead atoms. The molecule has 1 aliphatic rings. The normalized spacial score (nSPS) is 14.4. The summed E-state index contributed by atoms with van der Waals surface area (Å²) in [7, 11) is 0. The average molecular weight is 469 g/mol. The summed E-state index contributed by atoms with van der Waals surface area (Å²) in [5.41, 5.74) is 5.70. The Morgan fingerprint density at radius 3 is 2.34 bits per heavy atom. The molecule has 1 aromatic heterocycles. The zero-order valence-electron chi connectivity index (χ0n) is 20.4. The molecule has 6 heteroatoms. The highest BCUT2D eigenvalue weighted by molar-refractivity contribution is 5.82. The molecule has 0 aliphatic carbocycles. The van der Waals surface area contributed by atoms with Crippen molar-refractivity contribution in [3.63, 3.8) is 0 Å². The van der Waals surface area contributed by atoms with E-state index in [1.807, 2.05) is 68.6 Å². The van der Waals surface area contributed by atoms with Gasteiger partial charge in [0.05, 0.1) is 23.8 Å². The lowest BCUT2D eigenvalue weighted by Gasteiger charge is -2.35. The van der Waals surface area contributed by atoms with E-state index < -0.39 is 0 Å². The topological polar surface area (TPSA) is 61.7 Å². The number of piperazine rings is 1. The van der Waals surface area contributed by atoms with Crippen molar-refractivity contribution >= 4 is 16.9 Å². The van der Waals surface area contributed by atoms with Crippen molar-refractivity contribution < 1.29 is 9.84 Å². The van der Waals surface area contributed by atoms with Gasteiger partial charge in [0.15, 0.2) is 0 Å². The maximum atomic E-state index is 10.1. The van der Waals surface area contributed by atoms with Gasteiger partial charge in [-0.05, 0) is 78.9 Å². The Bertz CT molecular complexity index is 1280. The second-order valence-corrected chi connectivity index (χ2v) is 9.23. The van der Waals surface area contributed by atoms with Crippen LogP contribution < -0.4 is 9.64 Å². The predicted octanol–water partition coefficient (Wildman–Crippen LogP) is 5.21. The Kier molecular flexibility index (Phi) is 6.82. The molecule has 0 amide bonds. The van der Waals surface area contributed by atoms with Crippen molar-refractivity contribution in [3.05, 3.63) is 78.0 Å². The van der Waals surface area contributed by atoms with Crippen molar-refractivity contribution in [1.82, 2.24) is 14.9 Å². The van der Waals surface area contributed by atoms with Crippen LogP contribution in [-0.2, 0) is 0 Å². The summed E-state index contributed by atoms with van der Waals surface area (Å²) in [4.78, 5) is 14.4. The highest BCUT2D eigenvalue weighted by atomic mass is 16.5. The first-order chi connectivity index (χ1) is 17.1. The van der Waals surface area contributed by atoms with Crippen LogP contribution in [0.1, 0.15) is 17.5 Å². The smallest absolute Gasteiger partial charge is 0.147 e. The van der Waals surface area contributed by atoms with Gasteiger partial charge < -0.3 is 14.7 Å². The van der Waals surface area contributed by atoms with E-state index in [1.165, 1.54) is 0 Å². The number of aryl methyl sites for hydroxylation is 2. The minimum atomic E-state index is 0.361. The number of rotatable bonds is 7. The average Bonchev–Trinajstić information content (AvgIpc) is 2.90. The summed E-state index contributed by atoms with van der Waals surface area (Å²) in [5, 5.41) is 10.1. The molecule has 1 aliphatic heterocycles. The maximum Gasteiger partial charge on any atom is 0.147 e. The predicted molar refractivity (Wildman–Crippen MR) is 141 cm³/mol. The fraction of sp³-hybridized carbons (Fsp3) is 0.310. The molecular weight excluding hydrogens is 436 g/mol. The Hall–Kier alpha value is -3.64. The van der Waals surface area contributed by atoms with Crippen LogP contribution in [0.25, 0.3) is 22.2 Å².